The number of benzene rings is 2. The smallest absolute Gasteiger partial charge is 0.253 e. The number of amides is 1. The number of piperidine rings is 1. The Bertz CT molecular complexity index is 799. The quantitative estimate of drug-likeness (QED) is 0.907. The van der Waals surface area contributed by atoms with E-state index >= 15 is 0 Å². The molecule has 140 valence electrons. The van der Waals surface area contributed by atoms with Crippen molar-refractivity contribution in [2.24, 2.45) is 5.10 Å². The molecule has 2 aromatic rings. The number of carbonyl (C=O) groups is 1. The molecule has 1 unspecified atom stereocenters. The van der Waals surface area contributed by atoms with Crippen molar-refractivity contribution in [1.29, 1.82) is 0 Å². The number of nitrogens with zero attached hydrogens (tertiary/aromatic N) is 3. The van der Waals surface area contributed by atoms with Crippen LogP contribution >= 0.6 is 0 Å². The monoisotopic (exact) mass is 363 g/mol. The van der Waals surface area contributed by atoms with Gasteiger partial charge in [-0.05, 0) is 43.5 Å². The number of anilines is 1. The molecule has 2 aliphatic rings. The minimum Gasteiger partial charge on any atom is -0.390 e. The van der Waals surface area contributed by atoms with Crippen LogP contribution in [-0.4, -0.2) is 46.9 Å². The Morgan fingerprint density at radius 2 is 1.67 bits per heavy atom. The summed E-state index contributed by atoms with van der Waals surface area (Å²) in [5, 5.41) is 17.7. The summed E-state index contributed by atoms with van der Waals surface area (Å²) in [5.41, 5.74) is 1.01. The zero-order valence-electron chi connectivity index (χ0n) is 15.4. The van der Waals surface area contributed by atoms with Crippen molar-refractivity contribution < 1.29 is 9.90 Å². The molecule has 1 fully saturated rings. The fourth-order valence-corrected chi connectivity index (χ4v) is 4.01. The zero-order chi connectivity index (χ0) is 18.7. The SMILES string of the molecule is O=C(c1ccccc1)N1CCC(O)(CC2CC=NN2c2ccccc2)CC1. The molecule has 5 heteroatoms. The van der Waals surface area contributed by atoms with E-state index in [-0.39, 0.29) is 11.9 Å². The zero-order valence-corrected chi connectivity index (χ0v) is 15.4. The van der Waals surface area contributed by atoms with Crippen LogP contribution < -0.4 is 5.01 Å². The summed E-state index contributed by atoms with van der Waals surface area (Å²) < 4.78 is 0. The molecule has 1 atom stereocenters. The number of hydrazone groups is 1. The van der Waals surface area contributed by atoms with Gasteiger partial charge in [0.2, 0.25) is 0 Å². The van der Waals surface area contributed by atoms with Gasteiger partial charge in [0.1, 0.15) is 0 Å². The van der Waals surface area contributed by atoms with E-state index in [0.29, 0.717) is 37.9 Å². The molecule has 0 bridgehead atoms. The van der Waals surface area contributed by atoms with E-state index < -0.39 is 5.60 Å². The number of hydrogen-bond donors (Lipinski definition) is 1. The molecule has 2 aromatic carbocycles. The third-order valence-corrected chi connectivity index (χ3v) is 5.57. The van der Waals surface area contributed by atoms with Gasteiger partial charge in [0.25, 0.3) is 5.91 Å². The third-order valence-electron chi connectivity index (χ3n) is 5.57. The molecular formula is C22H25N3O2. The molecule has 2 heterocycles. The van der Waals surface area contributed by atoms with Gasteiger partial charge >= 0.3 is 0 Å². The molecule has 5 nitrogen and oxygen atoms in total. The van der Waals surface area contributed by atoms with Crippen molar-refractivity contribution in [2.45, 2.75) is 37.3 Å². The lowest BCUT2D eigenvalue weighted by molar-refractivity contribution is -0.0268. The Kier molecular flexibility index (Phi) is 4.94. The predicted molar refractivity (Wildman–Crippen MR) is 107 cm³/mol. The van der Waals surface area contributed by atoms with E-state index in [1.54, 1.807) is 0 Å². The average Bonchev–Trinajstić information content (AvgIpc) is 3.17. The van der Waals surface area contributed by atoms with Crippen molar-refractivity contribution in [2.75, 3.05) is 18.1 Å². The molecule has 1 amide bonds. The molecule has 4 rings (SSSR count). The second-order valence-corrected chi connectivity index (χ2v) is 7.45. The van der Waals surface area contributed by atoms with E-state index in [0.717, 1.165) is 12.1 Å². The van der Waals surface area contributed by atoms with Crippen molar-refractivity contribution >= 4 is 17.8 Å². The van der Waals surface area contributed by atoms with Crippen LogP contribution in [0.5, 0.6) is 0 Å². The van der Waals surface area contributed by atoms with Crippen LogP contribution in [0.2, 0.25) is 0 Å². The molecule has 0 saturated carbocycles. The second kappa shape index (κ2) is 7.53. The number of likely N-dealkylation sites (tertiary alicyclic amines) is 1. The number of carbonyl (C=O) groups excluding carboxylic acids is 1. The molecule has 1 saturated heterocycles. The fraction of sp³-hybridized carbons (Fsp3) is 0.364. The Morgan fingerprint density at radius 1 is 1.04 bits per heavy atom. The van der Waals surface area contributed by atoms with Crippen LogP contribution in [0, 0.1) is 0 Å². The van der Waals surface area contributed by atoms with Gasteiger partial charge in [-0.25, -0.2) is 0 Å². The third kappa shape index (κ3) is 3.88. The summed E-state index contributed by atoms with van der Waals surface area (Å²) in [6.07, 6.45) is 4.63. The first-order valence-electron chi connectivity index (χ1n) is 9.58. The van der Waals surface area contributed by atoms with Gasteiger partial charge in [-0.2, -0.15) is 5.10 Å². The predicted octanol–water partition coefficient (Wildman–Crippen LogP) is 3.31. The highest BCUT2D eigenvalue weighted by atomic mass is 16.3. The summed E-state index contributed by atoms with van der Waals surface area (Å²) in [6.45, 7) is 1.17. The van der Waals surface area contributed by atoms with Crippen LogP contribution in [-0.2, 0) is 0 Å². The first kappa shape index (κ1) is 17.7. The summed E-state index contributed by atoms with van der Waals surface area (Å²) in [5.74, 6) is 0.0489. The first-order chi connectivity index (χ1) is 13.1. The van der Waals surface area contributed by atoms with Crippen molar-refractivity contribution in [3.05, 3.63) is 66.2 Å². The highest BCUT2D eigenvalue weighted by Gasteiger charge is 2.38. The van der Waals surface area contributed by atoms with Gasteiger partial charge in [-0.1, -0.05) is 36.4 Å². The molecule has 0 aliphatic carbocycles. The minimum absolute atomic E-state index is 0.0489. The maximum Gasteiger partial charge on any atom is 0.253 e. The van der Waals surface area contributed by atoms with Gasteiger partial charge < -0.3 is 10.0 Å². The normalized spacial score (nSPS) is 21.4. The maximum atomic E-state index is 12.6. The number of para-hydroxylation sites is 1. The van der Waals surface area contributed by atoms with E-state index in [2.05, 4.69) is 5.10 Å². The van der Waals surface area contributed by atoms with Crippen molar-refractivity contribution in [3.63, 3.8) is 0 Å². The van der Waals surface area contributed by atoms with Crippen molar-refractivity contribution in [1.82, 2.24) is 4.90 Å². The largest absolute Gasteiger partial charge is 0.390 e. The summed E-state index contributed by atoms with van der Waals surface area (Å²) in [6, 6.07) is 19.6. The standard InChI is InChI=1S/C22H25N3O2/c26-21(18-7-3-1-4-8-18)24-15-12-22(27,13-16-24)17-20-11-14-23-25(20)19-9-5-2-6-10-19/h1-10,14,20,27H,11-13,15-17H2. The van der Waals surface area contributed by atoms with E-state index in [1.165, 1.54) is 0 Å². The van der Waals surface area contributed by atoms with Crippen LogP contribution in [0.25, 0.3) is 0 Å². The molecule has 0 aromatic heterocycles. The van der Waals surface area contributed by atoms with E-state index in [9.17, 15) is 9.90 Å². The second-order valence-electron chi connectivity index (χ2n) is 7.45. The molecule has 0 radical (unpaired) electrons. The van der Waals surface area contributed by atoms with Gasteiger partial charge in [-0.3, -0.25) is 9.80 Å². The number of rotatable bonds is 4. The lowest BCUT2D eigenvalue weighted by atomic mass is 9.84. The Balaban J connectivity index is 1.37. The molecular weight excluding hydrogens is 338 g/mol. The van der Waals surface area contributed by atoms with E-state index in [1.807, 2.05) is 76.8 Å². The average molecular weight is 363 g/mol. The van der Waals surface area contributed by atoms with Crippen LogP contribution in [0.15, 0.2) is 65.8 Å². The van der Waals surface area contributed by atoms with Crippen LogP contribution in [0.1, 0.15) is 36.0 Å². The Labute approximate surface area is 159 Å². The van der Waals surface area contributed by atoms with Gasteiger partial charge in [0.15, 0.2) is 0 Å². The van der Waals surface area contributed by atoms with Crippen LogP contribution in [0.3, 0.4) is 0 Å². The fourth-order valence-electron chi connectivity index (χ4n) is 4.01. The minimum atomic E-state index is -0.751. The molecule has 1 N–H and O–H groups in total. The highest BCUT2D eigenvalue weighted by molar-refractivity contribution is 5.94. The van der Waals surface area contributed by atoms with Crippen molar-refractivity contribution in [3.8, 4) is 0 Å². The highest BCUT2D eigenvalue weighted by Crippen LogP contribution is 2.33. The van der Waals surface area contributed by atoms with Crippen LogP contribution in [0.4, 0.5) is 5.69 Å². The lowest BCUT2D eigenvalue weighted by Crippen LogP contribution is -2.49. The Morgan fingerprint density at radius 3 is 2.33 bits per heavy atom. The molecule has 0 spiro atoms. The summed E-state index contributed by atoms with van der Waals surface area (Å²) >= 11 is 0. The first-order valence-corrected chi connectivity index (χ1v) is 9.58. The molecule has 27 heavy (non-hydrogen) atoms. The van der Waals surface area contributed by atoms with Gasteiger partial charge in [-0.15, -0.1) is 0 Å². The topological polar surface area (TPSA) is 56.1 Å². The van der Waals surface area contributed by atoms with E-state index in [4.69, 9.17) is 0 Å². The molecule has 2 aliphatic heterocycles. The number of hydrogen-bond acceptors (Lipinski definition) is 4. The maximum absolute atomic E-state index is 12.6. The Hall–Kier alpha value is -2.66. The number of aliphatic hydroxyl groups is 1. The lowest BCUT2D eigenvalue weighted by Gasteiger charge is -2.40. The van der Waals surface area contributed by atoms with Gasteiger partial charge in [0, 0.05) is 31.3 Å². The summed E-state index contributed by atoms with van der Waals surface area (Å²) in [4.78, 5) is 14.5. The van der Waals surface area contributed by atoms with Gasteiger partial charge in [0.05, 0.1) is 17.3 Å². The summed E-state index contributed by atoms with van der Waals surface area (Å²) in [7, 11) is 0.